The normalized spacial score (nSPS) is 12.0. The van der Waals surface area contributed by atoms with Crippen LogP contribution in [0, 0.1) is 0 Å². The summed E-state index contributed by atoms with van der Waals surface area (Å²) >= 11 is 0. The summed E-state index contributed by atoms with van der Waals surface area (Å²) in [4.78, 5) is 31.0. The Kier molecular flexibility index (Phi) is 5.23. The van der Waals surface area contributed by atoms with Crippen molar-refractivity contribution in [2.45, 2.75) is 18.9 Å². The minimum atomic E-state index is -1.20. The summed E-state index contributed by atoms with van der Waals surface area (Å²) in [5.74, 6) is -2.98. The van der Waals surface area contributed by atoms with Crippen LogP contribution in [0.1, 0.15) is 12.8 Å². The lowest BCUT2D eigenvalue weighted by atomic mass is 10.1. The van der Waals surface area contributed by atoms with E-state index in [1.165, 1.54) is 0 Å². The van der Waals surface area contributed by atoms with E-state index in [0.717, 1.165) is 0 Å². The molecule has 0 unspecified atom stereocenters. The van der Waals surface area contributed by atoms with Crippen molar-refractivity contribution in [1.82, 2.24) is 5.32 Å². The van der Waals surface area contributed by atoms with Crippen LogP contribution >= 0.6 is 0 Å². The monoisotopic (exact) mass is 204 g/mol. The van der Waals surface area contributed by atoms with Gasteiger partial charge in [0.2, 0.25) is 5.91 Å². The molecule has 0 heterocycles. The SMILES string of the molecule is NC(=O)CN[C@@H](CCC(=O)O)C(=O)O. The molecule has 0 saturated carbocycles. The molecule has 7 heteroatoms. The zero-order chi connectivity index (χ0) is 11.1. The van der Waals surface area contributed by atoms with Gasteiger partial charge in [0.05, 0.1) is 6.54 Å². The van der Waals surface area contributed by atoms with Gasteiger partial charge in [0.1, 0.15) is 6.04 Å². The summed E-state index contributed by atoms with van der Waals surface area (Å²) in [5, 5.41) is 19.2. The third kappa shape index (κ3) is 5.95. The maximum Gasteiger partial charge on any atom is 0.320 e. The van der Waals surface area contributed by atoms with E-state index >= 15 is 0 Å². The molecule has 80 valence electrons. The fourth-order valence-corrected chi connectivity index (χ4v) is 0.804. The van der Waals surface area contributed by atoms with Gasteiger partial charge >= 0.3 is 11.9 Å². The second kappa shape index (κ2) is 5.92. The number of hydrogen-bond acceptors (Lipinski definition) is 4. The number of carboxylic acid groups (broad SMARTS) is 2. The molecule has 0 radical (unpaired) electrons. The van der Waals surface area contributed by atoms with E-state index in [4.69, 9.17) is 15.9 Å². The molecule has 0 saturated heterocycles. The zero-order valence-corrected chi connectivity index (χ0v) is 7.40. The van der Waals surface area contributed by atoms with E-state index in [1.807, 2.05) is 0 Å². The van der Waals surface area contributed by atoms with Crippen LogP contribution < -0.4 is 11.1 Å². The average Bonchev–Trinajstić information content (AvgIpc) is 2.02. The lowest BCUT2D eigenvalue weighted by Crippen LogP contribution is -2.41. The smallest absolute Gasteiger partial charge is 0.320 e. The summed E-state index contributed by atoms with van der Waals surface area (Å²) in [6.07, 6.45) is -0.360. The first-order valence-electron chi connectivity index (χ1n) is 3.89. The molecule has 0 rings (SSSR count). The lowest BCUT2D eigenvalue weighted by molar-refractivity contribution is -0.140. The Hall–Kier alpha value is -1.63. The van der Waals surface area contributed by atoms with E-state index in [0.29, 0.717) is 0 Å². The Balaban J connectivity index is 3.96. The van der Waals surface area contributed by atoms with Crippen LogP contribution in [0.3, 0.4) is 0 Å². The zero-order valence-electron chi connectivity index (χ0n) is 7.40. The Morgan fingerprint density at radius 3 is 2.21 bits per heavy atom. The Morgan fingerprint density at radius 2 is 1.86 bits per heavy atom. The van der Waals surface area contributed by atoms with Gasteiger partial charge in [-0.15, -0.1) is 0 Å². The molecular weight excluding hydrogens is 192 g/mol. The molecular formula is C7H12N2O5. The number of carboxylic acids is 2. The van der Waals surface area contributed by atoms with Crippen LogP contribution in [0.2, 0.25) is 0 Å². The molecule has 0 spiro atoms. The highest BCUT2D eigenvalue weighted by Gasteiger charge is 2.18. The third-order valence-corrected chi connectivity index (χ3v) is 1.47. The predicted octanol–water partition coefficient (Wildman–Crippen LogP) is -1.62. The molecule has 0 aromatic carbocycles. The molecule has 0 aromatic rings. The van der Waals surface area contributed by atoms with E-state index in [-0.39, 0.29) is 19.4 Å². The van der Waals surface area contributed by atoms with Crippen LogP contribution in [-0.2, 0) is 14.4 Å². The van der Waals surface area contributed by atoms with Crippen LogP contribution in [-0.4, -0.2) is 40.6 Å². The summed E-state index contributed by atoms with van der Waals surface area (Å²) in [7, 11) is 0. The van der Waals surface area contributed by atoms with E-state index in [1.54, 1.807) is 0 Å². The highest BCUT2D eigenvalue weighted by atomic mass is 16.4. The van der Waals surface area contributed by atoms with Crippen molar-refractivity contribution < 1.29 is 24.6 Å². The third-order valence-electron chi connectivity index (χ3n) is 1.47. The maximum atomic E-state index is 10.5. The quantitative estimate of drug-likeness (QED) is 0.394. The molecule has 1 amide bonds. The number of nitrogens with two attached hydrogens (primary N) is 1. The number of primary amides is 1. The van der Waals surface area contributed by atoms with Gasteiger partial charge in [-0.1, -0.05) is 0 Å². The molecule has 0 aromatic heterocycles. The fourth-order valence-electron chi connectivity index (χ4n) is 0.804. The summed E-state index contributed by atoms with van der Waals surface area (Å²) < 4.78 is 0. The molecule has 14 heavy (non-hydrogen) atoms. The Morgan fingerprint density at radius 1 is 1.29 bits per heavy atom. The van der Waals surface area contributed by atoms with Crippen LogP contribution in [0.4, 0.5) is 0 Å². The first-order chi connectivity index (χ1) is 6.43. The number of carbonyl (C=O) groups excluding carboxylic acids is 1. The predicted molar refractivity (Wildman–Crippen MR) is 45.5 cm³/mol. The molecule has 0 aliphatic carbocycles. The second-order valence-electron chi connectivity index (χ2n) is 2.67. The number of carbonyl (C=O) groups is 3. The first-order valence-corrected chi connectivity index (χ1v) is 3.89. The molecule has 0 aliphatic heterocycles. The summed E-state index contributed by atoms with van der Waals surface area (Å²) in [5.41, 5.74) is 4.79. The molecule has 7 nitrogen and oxygen atoms in total. The van der Waals surface area contributed by atoms with Gasteiger partial charge in [-0.05, 0) is 6.42 Å². The van der Waals surface area contributed by atoms with Crippen LogP contribution in [0.15, 0.2) is 0 Å². The number of rotatable bonds is 7. The van der Waals surface area contributed by atoms with Crippen molar-refractivity contribution in [2.24, 2.45) is 5.73 Å². The largest absolute Gasteiger partial charge is 0.481 e. The lowest BCUT2D eigenvalue weighted by Gasteiger charge is -2.11. The summed E-state index contributed by atoms with van der Waals surface area (Å²) in [6.45, 7) is -0.281. The topological polar surface area (TPSA) is 130 Å². The average molecular weight is 204 g/mol. The molecule has 0 fully saturated rings. The van der Waals surface area contributed by atoms with Gasteiger partial charge in [0.15, 0.2) is 0 Å². The van der Waals surface area contributed by atoms with Gasteiger partial charge in [-0.2, -0.15) is 0 Å². The van der Waals surface area contributed by atoms with E-state index in [2.05, 4.69) is 5.32 Å². The van der Waals surface area contributed by atoms with Crippen molar-refractivity contribution in [2.75, 3.05) is 6.54 Å². The molecule has 1 atom stereocenters. The summed E-state index contributed by atoms with van der Waals surface area (Å²) in [6, 6.07) is -1.06. The number of aliphatic carboxylic acids is 2. The first kappa shape index (κ1) is 12.4. The van der Waals surface area contributed by atoms with E-state index in [9.17, 15) is 14.4 Å². The van der Waals surface area contributed by atoms with Crippen LogP contribution in [0.5, 0.6) is 0 Å². The molecule has 0 aliphatic rings. The van der Waals surface area contributed by atoms with Crippen molar-refractivity contribution >= 4 is 17.8 Å². The molecule has 0 bridgehead atoms. The van der Waals surface area contributed by atoms with E-state index < -0.39 is 23.9 Å². The second-order valence-corrected chi connectivity index (χ2v) is 2.67. The fraction of sp³-hybridized carbons (Fsp3) is 0.571. The van der Waals surface area contributed by atoms with Gasteiger partial charge in [0.25, 0.3) is 0 Å². The minimum Gasteiger partial charge on any atom is -0.481 e. The minimum absolute atomic E-state index is 0.0854. The van der Waals surface area contributed by atoms with Crippen molar-refractivity contribution in [3.63, 3.8) is 0 Å². The number of amides is 1. The van der Waals surface area contributed by atoms with Crippen molar-refractivity contribution in [1.29, 1.82) is 0 Å². The van der Waals surface area contributed by atoms with Gasteiger partial charge in [-0.25, -0.2) is 0 Å². The van der Waals surface area contributed by atoms with Gasteiger partial charge < -0.3 is 15.9 Å². The number of hydrogen-bond donors (Lipinski definition) is 4. The van der Waals surface area contributed by atoms with Crippen LogP contribution in [0.25, 0.3) is 0 Å². The maximum absolute atomic E-state index is 10.5. The Labute approximate surface area is 79.9 Å². The highest BCUT2D eigenvalue weighted by molar-refractivity contribution is 5.78. The number of nitrogens with one attached hydrogen (secondary N) is 1. The highest BCUT2D eigenvalue weighted by Crippen LogP contribution is 1.97. The Bertz CT molecular complexity index is 222. The van der Waals surface area contributed by atoms with Crippen molar-refractivity contribution in [3.05, 3.63) is 0 Å². The van der Waals surface area contributed by atoms with Gasteiger partial charge in [-0.3, -0.25) is 19.7 Å². The standard InChI is InChI=1S/C7H12N2O5/c8-5(10)3-9-4(7(13)14)1-2-6(11)12/h4,9H,1-3H2,(H2,8,10)(H,11,12)(H,13,14)/t4-/m0/s1. The van der Waals surface area contributed by atoms with Gasteiger partial charge in [0, 0.05) is 6.42 Å². The van der Waals surface area contributed by atoms with Crippen molar-refractivity contribution in [3.8, 4) is 0 Å². The molecule has 5 N–H and O–H groups in total.